The van der Waals surface area contributed by atoms with Crippen LogP contribution in [0.4, 0.5) is 0 Å². The molecule has 0 rings (SSSR count). The monoisotopic (exact) mass is 546 g/mol. The number of rotatable bonds is 0. The average molecular weight is 545 g/mol. The third kappa shape index (κ3) is 49.2. The van der Waals surface area contributed by atoms with Gasteiger partial charge in [0.2, 0.25) is 0 Å². The van der Waals surface area contributed by atoms with Crippen LogP contribution in [-0.2, 0) is 0 Å². The van der Waals surface area contributed by atoms with E-state index in [1.807, 2.05) is 0 Å². The predicted octanol–water partition coefficient (Wildman–Crippen LogP) is 3.42. The molecule has 7 heavy (non-hydrogen) atoms. The zero-order chi connectivity index (χ0) is 6.28. The van der Waals surface area contributed by atoms with Crippen LogP contribution >= 0.6 is 55.9 Å². The molecule has 0 spiro atoms. The molecular formula is C3H9I3Sn. The molecule has 0 aromatic heterocycles. The van der Waals surface area contributed by atoms with Crippen LogP contribution in [-0.4, -0.2) is 7.86 Å². The van der Waals surface area contributed by atoms with Gasteiger partial charge in [-0.2, -0.15) is 0 Å². The number of hydrogen-bond donors (Lipinski definition) is 0. The molecule has 0 saturated heterocycles. The summed E-state index contributed by atoms with van der Waals surface area (Å²) in [5, 5.41) is 0. The molecule has 0 aromatic carbocycles. The molecule has 0 fully saturated rings. The summed E-state index contributed by atoms with van der Waals surface area (Å²) >= 11 is 7.58. The normalized spacial score (nSPS) is 7.71. The Kier molecular flexibility index (Phi) is 21.2. The molecule has 4 heteroatoms. The fourth-order valence-electron chi connectivity index (χ4n) is 0. The van der Waals surface area contributed by atoms with Crippen molar-refractivity contribution in [2.24, 2.45) is 0 Å². The maximum absolute atomic E-state index is 2.53. The van der Waals surface area contributed by atoms with Gasteiger partial charge in [-0.1, -0.05) is 20.3 Å². The minimum absolute atomic E-state index is 0.727. The summed E-state index contributed by atoms with van der Waals surface area (Å²) < 4.78 is 0. The zero-order valence-corrected chi connectivity index (χ0v) is 14.2. The van der Waals surface area contributed by atoms with Crippen LogP contribution in [0.5, 0.6) is 0 Å². The minimum atomic E-state index is -0.727. The van der Waals surface area contributed by atoms with E-state index in [9.17, 15) is 0 Å². The van der Waals surface area contributed by atoms with Gasteiger partial charge < -0.3 is 0 Å². The standard InChI is InChI=1S/C3H8.3HI.Sn.H/c1-3-2;;;;;/h3H2,1-2H3;3*1H;;/q;;;;+3;/p-3. The third-order valence-corrected chi connectivity index (χ3v) is 0. The van der Waals surface area contributed by atoms with E-state index in [2.05, 4.69) is 69.7 Å². The van der Waals surface area contributed by atoms with Gasteiger partial charge in [0.1, 0.15) is 0 Å². The maximum atomic E-state index is 2.53. The molecule has 0 aliphatic carbocycles. The summed E-state index contributed by atoms with van der Waals surface area (Å²) in [5.41, 5.74) is 0. The summed E-state index contributed by atoms with van der Waals surface area (Å²) in [7, 11) is -0.727. The van der Waals surface area contributed by atoms with E-state index in [4.69, 9.17) is 0 Å². The van der Waals surface area contributed by atoms with Gasteiger partial charge in [0.15, 0.2) is 0 Å². The van der Waals surface area contributed by atoms with E-state index in [1.165, 1.54) is 6.42 Å². The van der Waals surface area contributed by atoms with Gasteiger partial charge in [0.25, 0.3) is 0 Å². The van der Waals surface area contributed by atoms with Crippen molar-refractivity contribution in [3.63, 3.8) is 0 Å². The van der Waals surface area contributed by atoms with Gasteiger partial charge in [-0.3, -0.25) is 0 Å². The molecule has 0 aliphatic rings. The Labute approximate surface area is 81.9 Å². The molecule has 0 nitrogen and oxygen atoms in total. The Bertz CT molecular complexity index is 21.4. The second-order valence-corrected chi connectivity index (χ2v) is 75.4. The first-order valence-electron chi connectivity index (χ1n) is 2.07. The van der Waals surface area contributed by atoms with Gasteiger partial charge in [0, 0.05) is 0 Å². The Morgan fingerprint density at radius 1 is 1.14 bits per heavy atom. The summed E-state index contributed by atoms with van der Waals surface area (Å²) in [6.07, 6.45) is 1.25. The Balaban J connectivity index is 0. The molecule has 0 aliphatic heterocycles. The molecule has 0 heterocycles. The first-order chi connectivity index (χ1) is 3.15. The van der Waals surface area contributed by atoms with Gasteiger partial charge in [-0.05, 0) is 0 Å². The molecule has 0 aromatic rings. The van der Waals surface area contributed by atoms with Crippen molar-refractivity contribution in [2.45, 2.75) is 20.3 Å². The van der Waals surface area contributed by atoms with Gasteiger partial charge in [-0.15, -0.1) is 0 Å². The van der Waals surface area contributed by atoms with Crippen LogP contribution in [0.3, 0.4) is 0 Å². The number of hydrogen-bond acceptors (Lipinski definition) is 0. The van der Waals surface area contributed by atoms with Gasteiger partial charge in [-0.25, -0.2) is 0 Å². The Hall–Kier alpha value is 2.99. The second-order valence-electron chi connectivity index (χ2n) is 0.955. The molecule has 0 saturated carbocycles. The van der Waals surface area contributed by atoms with Crippen LogP contribution in [0.1, 0.15) is 20.3 Å². The van der Waals surface area contributed by atoms with Crippen LogP contribution < -0.4 is 0 Å². The Morgan fingerprint density at radius 2 is 1.14 bits per heavy atom. The van der Waals surface area contributed by atoms with Crippen LogP contribution in [0.2, 0.25) is 0 Å². The first-order valence-corrected chi connectivity index (χ1v) is 30.9. The van der Waals surface area contributed by atoms with Crippen molar-refractivity contribution in [1.82, 2.24) is 0 Å². The van der Waals surface area contributed by atoms with Gasteiger partial charge >= 0.3 is 63.8 Å². The van der Waals surface area contributed by atoms with Crippen molar-refractivity contribution in [2.75, 3.05) is 0 Å². The fraction of sp³-hybridized carbons (Fsp3) is 1.00. The Morgan fingerprint density at radius 3 is 1.14 bits per heavy atom. The summed E-state index contributed by atoms with van der Waals surface area (Å²) in [6.45, 7) is 4.25. The van der Waals surface area contributed by atoms with E-state index < -0.39 is 7.86 Å². The van der Waals surface area contributed by atoms with E-state index in [-0.39, 0.29) is 0 Å². The summed E-state index contributed by atoms with van der Waals surface area (Å²) in [5.74, 6) is 0. The molecule has 0 bridgehead atoms. The molecule has 0 amide bonds. The quantitative estimate of drug-likeness (QED) is 0.324. The molecule has 0 atom stereocenters. The van der Waals surface area contributed by atoms with Crippen LogP contribution in [0, 0.1) is 0 Å². The SMILES string of the molecule is CCC.[I][SnH]([I])[I]. The topological polar surface area (TPSA) is 0 Å². The van der Waals surface area contributed by atoms with Gasteiger partial charge in [0.05, 0.1) is 0 Å². The van der Waals surface area contributed by atoms with Crippen molar-refractivity contribution in [3.8, 4) is 0 Å². The second kappa shape index (κ2) is 11.7. The fourth-order valence-corrected chi connectivity index (χ4v) is 0. The van der Waals surface area contributed by atoms with Crippen LogP contribution in [0.25, 0.3) is 0 Å². The molecule has 0 radical (unpaired) electrons. The van der Waals surface area contributed by atoms with E-state index in [0.29, 0.717) is 0 Å². The summed E-state index contributed by atoms with van der Waals surface area (Å²) in [6, 6.07) is 0. The first kappa shape index (κ1) is 12.6. The summed E-state index contributed by atoms with van der Waals surface area (Å²) in [4.78, 5) is 0. The molecule has 0 unspecified atom stereocenters. The zero-order valence-electron chi connectivity index (χ0n) is 4.42. The average Bonchev–Trinajstić information content (AvgIpc) is 1.33. The van der Waals surface area contributed by atoms with E-state index in [0.717, 1.165) is 0 Å². The van der Waals surface area contributed by atoms with E-state index in [1.54, 1.807) is 0 Å². The predicted molar refractivity (Wildman–Crippen MR) is 65.2 cm³/mol. The molecule has 0 N–H and O–H groups in total. The number of halogens is 3. The van der Waals surface area contributed by atoms with Crippen molar-refractivity contribution in [1.29, 1.82) is 0 Å². The van der Waals surface area contributed by atoms with E-state index >= 15 is 0 Å². The third-order valence-electron chi connectivity index (χ3n) is 0. The van der Waals surface area contributed by atoms with Crippen molar-refractivity contribution in [3.05, 3.63) is 0 Å². The van der Waals surface area contributed by atoms with Crippen molar-refractivity contribution >= 4 is 63.8 Å². The molecule has 46 valence electrons. The van der Waals surface area contributed by atoms with Crippen molar-refractivity contribution < 1.29 is 0 Å². The van der Waals surface area contributed by atoms with Crippen LogP contribution in [0.15, 0.2) is 0 Å². The molecular weight excluding hydrogens is 535 g/mol.